The maximum Gasteiger partial charge on any atom is 0.0990 e. The highest BCUT2D eigenvalue weighted by molar-refractivity contribution is 14.1. The van der Waals surface area contributed by atoms with Gasteiger partial charge in [0.25, 0.3) is 0 Å². The highest BCUT2D eigenvalue weighted by Gasteiger charge is 2.19. The number of rotatable bonds is 2. The van der Waals surface area contributed by atoms with E-state index in [0.29, 0.717) is 0 Å². The number of hydrogen-bond donors (Lipinski definition) is 2. The summed E-state index contributed by atoms with van der Waals surface area (Å²) in [5.74, 6) is 0. The van der Waals surface area contributed by atoms with Gasteiger partial charge in [-0.3, -0.25) is 0 Å². The summed E-state index contributed by atoms with van der Waals surface area (Å²) in [6, 6.07) is 7.71. The normalized spacial score (nSPS) is 15.7. The van der Waals surface area contributed by atoms with Crippen molar-refractivity contribution in [3.63, 3.8) is 0 Å². The molecule has 1 aromatic carbocycles. The van der Waals surface area contributed by atoms with Crippen molar-refractivity contribution in [3.8, 4) is 0 Å². The molecule has 0 aliphatic heterocycles. The third-order valence-electron chi connectivity index (χ3n) is 1.86. The van der Waals surface area contributed by atoms with Crippen LogP contribution in [0.3, 0.4) is 0 Å². The second-order valence-electron chi connectivity index (χ2n) is 2.98. The van der Waals surface area contributed by atoms with Crippen LogP contribution in [-0.4, -0.2) is 11.7 Å². The van der Waals surface area contributed by atoms with Crippen molar-refractivity contribution >= 4 is 22.6 Å². The second kappa shape index (κ2) is 3.72. The molecule has 1 unspecified atom stereocenters. The Morgan fingerprint density at radius 2 is 1.92 bits per heavy atom. The summed E-state index contributed by atoms with van der Waals surface area (Å²) < 4.78 is 1.16. The molecule has 0 aliphatic rings. The van der Waals surface area contributed by atoms with Gasteiger partial charge in [0.15, 0.2) is 0 Å². The summed E-state index contributed by atoms with van der Waals surface area (Å²) in [5, 5.41) is 9.76. The summed E-state index contributed by atoms with van der Waals surface area (Å²) in [6.45, 7) is 1.96. The van der Waals surface area contributed by atoms with Gasteiger partial charge in [0.1, 0.15) is 0 Å². The quantitative estimate of drug-likeness (QED) is 0.804. The predicted octanol–water partition coefficient (Wildman–Crippen LogP) is 1.46. The molecule has 0 bridgehead atoms. The third kappa shape index (κ3) is 2.18. The minimum atomic E-state index is -0.898. The molecular weight excluding hydrogens is 265 g/mol. The van der Waals surface area contributed by atoms with E-state index in [2.05, 4.69) is 22.6 Å². The maximum absolute atomic E-state index is 9.76. The molecule has 0 fully saturated rings. The lowest BCUT2D eigenvalue weighted by molar-refractivity contribution is 0.0668. The second-order valence-corrected chi connectivity index (χ2v) is 4.23. The molecule has 0 spiro atoms. The number of benzene rings is 1. The van der Waals surface area contributed by atoms with Crippen molar-refractivity contribution in [2.75, 3.05) is 6.54 Å². The minimum Gasteiger partial charge on any atom is -0.384 e. The van der Waals surface area contributed by atoms with Crippen molar-refractivity contribution in [2.24, 2.45) is 5.73 Å². The van der Waals surface area contributed by atoms with E-state index in [0.717, 1.165) is 9.13 Å². The van der Waals surface area contributed by atoms with Crippen LogP contribution in [0.25, 0.3) is 0 Å². The zero-order chi connectivity index (χ0) is 9.19. The molecule has 0 radical (unpaired) electrons. The molecule has 0 saturated carbocycles. The Kier molecular flexibility index (Phi) is 3.09. The van der Waals surface area contributed by atoms with Crippen molar-refractivity contribution < 1.29 is 5.11 Å². The zero-order valence-corrected chi connectivity index (χ0v) is 9.08. The van der Waals surface area contributed by atoms with Gasteiger partial charge < -0.3 is 10.8 Å². The number of halogens is 1. The van der Waals surface area contributed by atoms with Gasteiger partial charge in [-0.1, -0.05) is 12.1 Å². The fourth-order valence-electron chi connectivity index (χ4n) is 0.927. The van der Waals surface area contributed by atoms with Crippen molar-refractivity contribution in [1.29, 1.82) is 0 Å². The standard InChI is InChI=1S/C9H12INO/c1-9(12,6-11)7-2-4-8(10)5-3-7/h2-5,12H,6,11H2,1H3. The van der Waals surface area contributed by atoms with Crippen LogP contribution < -0.4 is 5.73 Å². The number of nitrogens with two attached hydrogens (primary N) is 1. The van der Waals surface area contributed by atoms with Gasteiger partial charge in [-0.25, -0.2) is 0 Å². The molecule has 0 amide bonds. The largest absolute Gasteiger partial charge is 0.384 e. The molecule has 3 heteroatoms. The first-order valence-electron chi connectivity index (χ1n) is 3.75. The molecule has 1 rings (SSSR count). The first kappa shape index (κ1) is 9.95. The highest BCUT2D eigenvalue weighted by atomic mass is 127. The van der Waals surface area contributed by atoms with E-state index >= 15 is 0 Å². The van der Waals surface area contributed by atoms with E-state index in [1.807, 2.05) is 24.3 Å². The Labute approximate surface area is 85.9 Å². The Bertz CT molecular complexity index is 256. The van der Waals surface area contributed by atoms with Gasteiger partial charge in [-0.05, 0) is 47.2 Å². The topological polar surface area (TPSA) is 46.2 Å². The summed E-state index contributed by atoms with van der Waals surface area (Å²) >= 11 is 2.22. The Morgan fingerprint density at radius 3 is 2.33 bits per heavy atom. The fourth-order valence-corrected chi connectivity index (χ4v) is 1.29. The molecule has 2 nitrogen and oxygen atoms in total. The molecule has 12 heavy (non-hydrogen) atoms. The summed E-state index contributed by atoms with van der Waals surface area (Å²) in [5.41, 5.74) is 5.39. The van der Waals surface area contributed by atoms with Crippen LogP contribution >= 0.6 is 22.6 Å². The predicted molar refractivity (Wildman–Crippen MR) is 57.8 cm³/mol. The van der Waals surface area contributed by atoms with Gasteiger partial charge in [-0.15, -0.1) is 0 Å². The SMILES string of the molecule is CC(O)(CN)c1ccc(I)cc1. The summed E-state index contributed by atoms with van der Waals surface area (Å²) in [4.78, 5) is 0. The first-order valence-corrected chi connectivity index (χ1v) is 4.82. The van der Waals surface area contributed by atoms with Crippen molar-refractivity contribution in [2.45, 2.75) is 12.5 Å². The highest BCUT2D eigenvalue weighted by Crippen LogP contribution is 2.19. The Balaban J connectivity index is 2.96. The smallest absolute Gasteiger partial charge is 0.0990 e. The van der Waals surface area contributed by atoms with E-state index in [-0.39, 0.29) is 6.54 Å². The Hall–Kier alpha value is -0.130. The molecule has 66 valence electrons. The molecule has 0 aromatic heterocycles. The molecule has 3 N–H and O–H groups in total. The van der Waals surface area contributed by atoms with Crippen LogP contribution in [0, 0.1) is 3.57 Å². The van der Waals surface area contributed by atoms with Gasteiger partial charge >= 0.3 is 0 Å². The minimum absolute atomic E-state index is 0.244. The lowest BCUT2D eigenvalue weighted by Gasteiger charge is -2.21. The van der Waals surface area contributed by atoms with Crippen LogP contribution in [0.15, 0.2) is 24.3 Å². The van der Waals surface area contributed by atoms with E-state index in [4.69, 9.17) is 5.73 Å². The van der Waals surface area contributed by atoms with Gasteiger partial charge in [0.2, 0.25) is 0 Å². The third-order valence-corrected chi connectivity index (χ3v) is 2.58. The molecular formula is C9H12INO. The average molecular weight is 277 g/mol. The van der Waals surface area contributed by atoms with E-state index in [1.165, 1.54) is 0 Å². The average Bonchev–Trinajstić information content (AvgIpc) is 2.05. The van der Waals surface area contributed by atoms with Crippen LogP contribution in [0.2, 0.25) is 0 Å². The van der Waals surface area contributed by atoms with Crippen LogP contribution in [0.5, 0.6) is 0 Å². The maximum atomic E-state index is 9.76. The van der Waals surface area contributed by atoms with Crippen molar-refractivity contribution in [1.82, 2.24) is 0 Å². The van der Waals surface area contributed by atoms with Gasteiger partial charge in [0.05, 0.1) is 5.60 Å². The molecule has 1 atom stereocenters. The summed E-state index contributed by atoms with van der Waals surface area (Å²) in [7, 11) is 0. The number of aliphatic hydroxyl groups is 1. The summed E-state index contributed by atoms with van der Waals surface area (Å²) in [6.07, 6.45) is 0. The molecule has 0 heterocycles. The van der Waals surface area contributed by atoms with E-state index in [1.54, 1.807) is 6.92 Å². The van der Waals surface area contributed by atoms with E-state index in [9.17, 15) is 5.11 Å². The van der Waals surface area contributed by atoms with Crippen molar-refractivity contribution in [3.05, 3.63) is 33.4 Å². The Morgan fingerprint density at radius 1 is 1.42 bits per heavy atom. The molecule has 0 saturated heterocycles. The van der Waals surface area contributed by atoms with Crippen LogP contribution in [-0.2, 0) is 5.60 Å². The van der Waals surface area contributed by atoms with Gasteiger partial charge in [0, 0.05) is 10.1 Å². The monoisotopic (exact) mass is 277 g/mol. The lowest BCUT2D eigenvalue weighted by Crippen LogP contribution is -2.31. The first-order chi connectivity index (χ1) is 5.56. The van der Waals surface area contributed by atoms with Gasteiger partial charge in [-0.2, -0.15) is 0 Å². The zero-order valence-electron chi connectivity index (χ0n) is 6.92. The van der Waals surface area contributed by atoms with Crippen LogP contribution in [0.4, 0.5) is 0 Å². The molecule has 0 aliphatic carbocycles. The van der Waals surface area contributed by atoms with E-state index < -0.39 is 5.60 Å². The lowest BCUT2D eigenvalue weighted by atomic mass is 9.97. The molecule has 1 aromatic rings. The fraction of sp³-hybridized carbons (Fsp3) is 0.333. The number of hydrogen-bond acceptors (Lipinski definition) is 2. The van der Waals surface area contributed by atoms with Crippen LogP contribution in [0.1, 0.15) is 12.5 Å².